The maximum atomic E-state index is 12.3. The number of ether oxygens (including phenoxy) is 2. The van der Waals surface area contributed by atoms with Gasteiger partial charge in [0, 0.05) is 44.0 Å². The number of morpholine rings is 1. The lowest BCUT2D eigenvalue weighted by Gasteiger charge is -2.31. The van der Waals surface area contributed by atoms with E-state index < -0.39 is 12.7 Å². The number of nitrogens with one attached hydrogen (secondary N) is 2. The number of urea groups is 1. The summed E-state index contributed by atoms with van der Waals surface area (Å²) in [6.45, 7) is 5.33. The highest BCUT2D eigenvalue weighted by Crippen LogP contribution is 2.32. The van der Waals surface area contributed by atoms with E-state index in [1.165, 1.54) is 0 Å². The van der Waals surface area contributed by atoms with Crippen LogP contribution in [-0.4, -0.2) is 96.0 Å². The van der Waals surface area contributed by atoms with E-state index >= 15 is 0 Å². The second kappa shape index (κ2) is 12.2. The molecule has 0 spiro atoms. The highest BCUT2D eigenvalue weighted by atomic mass is 19.1. The number of rotatable bonds is 7. The Morgan fingerprint density at radius 3 is 2.54 bits per heavy atom. The summed E-state index contributed by atoms with van der Waals surface area (Å²) in [4.78, 5) is 37.8. The van der Waals surface area contributed by atoms with E-state index in [-0.39, 0.29) is 18.7 Å². The van der Waals surface area contributed by atoms with Gasteiger partial charge in [-0.25, -0.2) is 28.6 Å². The van der Waals surface area contributed by atoms with Crippen molar-refractivity contribution in [1.82, 2.24) is 30.0 Å². The fourth-order valence-electron chi connectivity index (χ4n) is 4.87. The maximum absolute atomic E-state index is 12.3. The average Bonchev–Trinajstić information content (AvgIpc) is 3.41. The van der Waals surface area contributed by atoms with Crippen LogP contribution in [-0.2, 0) is 9.47 Å². The van der Waals surface area contributed by atoms with Crippen molar-refractivity contribution in [3.05, 3.63) is 30.5 Å². The molecule has 13 heteroatoms. The Hall–Kier alpha value is -4.00. The highest BCUT2D eigenvalue weighted by Gasteiger charge is 2.28. The van der Waals surface area contributed by atoms with Crippen molar-refractivity contribution in [1.29, 1.82) is 0 Å². The molecule has 2 aliphatic rings. The van der Waals surface area contributed by atoms with E-state index in [1.54, 1.807) is 24.0 Å². The molecule has 208 valence electrons. The van der Waals surface area contributed by atoms with Gasteiger partial charge in [-0.3, -0.25) is 0 Å². The lowest BCUT2D eigenvalue weighted by atomic mass is 10.1. The van der Waals surface area contributed by atoms with E-state index in [0.717, 1.165) is 35.3 Å². The number of carbonyl (C=O) groups excluding carboxylic acids is 2. The fraction of sp³-hybridized carbons (Fsp3) is 0.500. The third-order valence-corrected chi connectivity index (χ3v) is 6.86. The Balaban J connectivity index is 1.43. The van der Waals surface area contributed by atoms with Gasteiger partial charge in [0.05, 0.1) is 37.4 Å². The summed E-state index contributed by atoms with van der Waals surface area (Å²) >= 11 is 0. The molecule has 3 aromatic rings. The minimum Gasteiger partial charge on any atom is -0.450 e. The zero-order chi connectivity index (χ0) is 27.2. The smallest absolute Gasteiger partial charge is 0.409 e. The third-order valence-electron chi connectivity index (χ3n) is 6.86. The molecule has 0 unspecified atom stereocenters. The first-order valence-electron chi connectivity index (χ1n) is 13.3. The average molecular weight is 541 g/mol. The Morgan fingerprint density at radius 1 is 1.10 bits per heavy atom. The van der Waals surface area contributed by atoms with Crippen molar-refractivity contribution >= 4 is 34.7 Å². The van der Waals surface area contributed by atoms with Gasteiger partial charge in [0.1, 0.15) is 12.5 Å². The van der Waals surface area contributed by atoms with Crippen LogP contribution in [0.15, 0.2) is 30.5 Å². The molecule has 0 saturated carbocycles. The van der Waals surface area contributed by atoms with Crippen LogP contribution in [0, 0.1) is 0 Å². The highest BCUT2D eigenvalue weighted by molar-refractivity contribution is 5.90. The molecular weight excluding hydrogens is 507 g/mol. The predicted molar refractivity (Wildman–Crippen MR) is 144 cm³/mol. The Kier molecular flexibility index (Phi) is 8.35. The van der Waals surface area contributed by atoms with Crippen LogP contribution >= 0.6 is 0 Å². The number of alkyl halides is 1. The number of carbonyl (C=O) groups is 2. The van der Waals surface area contributed by atoms with Crippen molar-refractivity contribution in [2.45, 2.75) is 25.8 Å². The monoisotopic (exact) mass is 540 g/mol. The van der Waals surface area contributed by atoms with Gasteiger partial charge in [-0.15, -0.1) is 0 Å². The number of amides is 3. The zero-order valence-electron chi connectivity index (χ0n) is 21.9. The minimum absolute atomic E-state index is 0.0440. The number of likely N-dealkylation sites (tertiary alicyclic amines) is 1. The molecule has 2 fully saturated rings. The standard InChI is InChI=1S/C26H33FN8O4/c1-2-39-26(37)34-11-7-20(8-12-34)35-24-21(17-29-35)23(33-13-15-38-16-14-33)31-22(32-24)18-3-5-19(6-4-18)30-25(36)28-10-9-27/h3-6,17,20H,2,7-16H2,1H3,(H2,28,30,36). The van der Waals surface area contributed by atoms with Crippen molar-refractivity contribution in [2.24, 2.45) is 0 Å². The van der Waals surface area contributed by atoms with E-state index in [2.05, 4.69) is 15.5 Å². The van der Waals surface area contributed by atoms with E-state index in [4.69, 9.17) is 24.5 Å². The van der Waals surface area contributed by atoms with Crippen LogP contribution < -0.4 is 15.5 Å². The number of benzene rings is 1. The van der Waals surface area contributed by atoms with Crippen molar-refractivity contribution in [2.75, 3.05) is 69.4 Å². The van der Waals surface area contributed by atoms with Crippen LogP contribution in [0.2, 0.25) is 0 Å². The molecule has 3 amide bonds. The normalized spacial score (nSPS) is 16.4. The quantitative estimate of drug-likeness (QED) is 0.468. The summed E-state index contributed by atoms with van der Waals surface area (Å²) in [7, 11) is 0. The molecular formula is C26H33FN8O4. The summed E-state index contributed by atoms with van der Waals surface area (Å²) in [5.74, 6) is 1.35. The topological polar surface area (TPSA) is 127 Å². The van der Waals surface area contributed by atoms with Crippen molar-refractivity contribution < 1.29 is 23.5 Å². The largest absolute Gasteiger partial charge is 0.450 e. The van der Waals surface area contributed by atoms with Crippen LogP contribution in [0.5, 0.6) is 0 Å². The van der Waals surface area contributed by atoms with Gasteiger partial charge in [0.2, 0.25) is 0 Å². The Morgan fingerprint density at radius 2 is 1.85 bits per heavy atom. The van der Waals surface area contributed by atoms with Gasteiger partial charge >= 0.3 is 12.1 Å². The summed E-state index contributed by atoms with van der Waals surface area (Å²) in [5, 5.41) is 10.7. The minimum atomic E-state index is -0.626. The molecule has 12 nitrogen and oxygen atoms in total. The second-order valence-electron chi connectivity index (χ2n) is 9.36. The first-order chi connectivity index (χ1) is 19.1. The number of piperidine rings is 1. The van der Waals surface area contributed by atoms with Gasteiger partial charge in [-0.2, -0.15) is 5.10 Å². The van der Waals surface area contributed by atoms with Crippen LogP contribution in [0.25, 0.3) is 22.4 Å². The number of halogens is 1. The van der Waals surface area contributed by atoms with Gasteiger partial charge in [-0.05, 0) is 44.0 Å². The van der Waals surface area contributed by atoms with Crippen molar-refractivity contribution in [3.8, 4) is 11.4 Å². The van der Waals surface area contributed by atoms with E-state index in [9.17, 15) is 14.0 Å². The van der Waals surface area contributed by atoms with Gasteiger partial charge < -0.3 is 29.9 Å². The number of hydrogen-bond donors (Lipinski definition) is 2. The molecule has 2 aromatic heterocycles. The Bertz CT molecular complexity index is 1290. The zero-order valence-corrected chi connectivity index (χ0v) is 21.9. The SMILES string of the molecule is CCOC(=O)N1CCC(n2ncc3c(N4CCOCC4)nc(-c4ccc(NC(=O)NCCF)cc4)nc32)CC1. The van der Waals surface area contributed by atoms with Crippen molar-refractivity contribution in [3.63, 3.8) is 0 Å². The second-order valence-corrected chi connectivity index (χ2v) is 9.36. The Labute approximate surface area is 225 Å². The van der Waals surface area contributed by atoms with E-state index in [1.807, 2.05) is 23.0 Å². The summed E-state index contributed by atoms with van der Waals surface area (Å²) in [5.41, 5.74) is 2.10. The lowest BCUT2D eigenvalue weighted by Crippen LogP contribution is -2.39. The first kappa shape index (κ1) is 26.6. The molecule has 4 heterocycles. The maximum Gasteiger partial charge on any atom is 0.409 e. The molecule has 1 aromatic carbocycles. The molecule has 39 heavy (non-hydrogen) atoms. The summed E-state index contributed by atoms with van der Waals surface area (Å²) < 4.78 is 25.0. The predicted octanol–water partition coefficient (Wildman–Crippen LogP) is 3.21. The fourth-order valence-corrected chi connectivity index (χ4v) is 4.87. The third kappa shape index (κ3) is 6.03. The number of hydrogen-bond acceptors (Lipinski definition) is 8. The molecule has 5 rings (SSSR count). The van der Waals surface area contributed by atoms with Crippen LogP contribution in [0.3, 0.4) is 0 Å². The van der Waals surface area contributed by atoms with Gasteiger partial charge in [0.25, 0.3) is 0 Å². The van der Waals surface area contributed by atoms with Crippen LogP contribution in [0.1, 0.15) is 25.8 Å². The molecule has 0 radical (unpaired) electrons. The lowest BCUT2D eigenvalue weighted by molar-refractivity contribution is 0.0919. The molecule has 2 aliphatic heterocycles. The molecule has 0 aliphatic carbocycles. The molecule has 2 N–H and O–H groups in total. The summed E-state index contributed by atoms with van der Waals surface area (Å²) in [6, 6.07) is 6.82. The molecule has 2 saturated heterocycles. The number of fused-ring (bicyclic) bond motifs is 1. The molecule has 0 bridgehead atoms. The van der Waals surface area contributed by atoms with E-state index in [0.29, 0.717) is 57.5 Å². The van der Waals surface area contributed by atoms with Gasteiger partial charge in [-0.1, -0.05) is 0 Å². The summed E-state index contributed by atoms with van der Waals surface area (Å²) in [6.07, 6.45) is 3.03. The van der Waals surface area contributed by atoms with Crippen LogP contribution in [0.4, 0.5) is 25.5 Å². The number of anilines is 2. The first-order valence-corrected chi connectivity index (χ1v) is 13.3. The number of aromatic nitrogens is 4. The molecule has 0 atom stereocenters. The van der Waals surface area contributed by atoms with Gasteiger partial charge in [0.15, 0.2) is 11.5 Å². The number of nitrogens with zero attached hydrogens (tertiary/aromatic N) is 6.